The zero-order chi connectivity index (χ0) is 14.7. The van der Waals surface area contributed by atoms with E-state index in [1.54, 1.807) is 12.1 Å². The molecule has 2 aromatic carbocycles. The van der Waals surface area contributed by atoms with Gasteiger partial charge in [0.05, 0.1) is 4.47 Å². The lowest BCUT2D eigenvalue weighted by molar-refractivity contribution is 0.305. The average molecular weight is 355 g/mol. The van der Waals surface area contributed by atoms with Crippen LogP contribution in [-0.4, -0.2) is 17.2 Å². The van der Waals surface area contributed by atoms with E-state index in [-0.39, 0.29) is 6.61 Å². The summed E-state index contributed by atoms with van der Waals surface area (Å²) in [5, 5.41) is 19.5. The fraction of sp³-hybridized carbons (Fsp3) is 0.143. The van der Waals surface area contributed by atoms with Crippen LogP contribution in [0, 0.1) is 6.92 Å². The zero-order valence-electron chi connectivity index (χ0n) is 10.8. The van der Waals surface area contributed by atoms with Crippen LogP contribution in [0.5, 0.6) is 5.75 Å². The second-order valence-corrected chi connectivity index (χ2v) is 5.68. The molecule has 0 fully saturated rings. The molecular formula is C14H13BBrClO3. The third-order valence-corrected chi connectivity index (χ3v) is 3.78. The van der Waals surface area contributed by atoms with Gasteiger partial charge in [-0.05, 0) is 35.0 Å². The Morgan fingerprint density at radius 1 is 1.25 bits per heavy atom. The maximum atomic E-state index is 9.43. The molecule has 0 bridgehead atoms. The Bertz CT molecular complexity index is 619. The predicted molar refractivity (Wildman–Crippen MR) is 84.5 cm³/mol. The minimum atomic E-state index is -1.59. The second-order valence-electron chi connectivity index (χ2n) is 4.42. The maximum absolute atomic E-state index is 9.43. The van der Waals surface area contributed by atoms with Gasteiger partial charge in [-0.1, -0.05) is 41.4 Å². The van der Waals surface area contributed by atoms with Gasteiger partial charge < -0.3 is 14.8 Å². The van der Waals surface area contributed by atoms with Crippen molar-refractivity contribution in [2.75, 3.05) is 0 Å². The van der Waals surface area contributed by atoms with E-state index in [0.29, 0.717) is 20.7 Å². The Morgan fingerprint density at radius 2 is 1.95 bits per heavy atom. The van der Waals surface area contributed by atoms with Gasteiger partial charge in [-0.25, -0.2) is 0 Å². The molecule has 2 rings (SSSR count). The topological polar surface area (TPSA) is 49.7 Å². The van der Waals surface area contributed by atoms with E-state index in [1.165, 1.54) is 0 Å². The molecule has 0 saturated carbocycles. The number of aryl methyl sites for hydroxylation is 1. The molecule has 0 aliphatic rings. The molecule has 104 valence electrons. The predicted octanol–water partition coefficient (Wildman–Crippen LogP) is 2.67. The van der Waals surface area contributed by atoms with Crippen LogP contribution in [0.1, 0.15) is 11.1 Å². The van der Waals surface area contributed by atoms with E-state index in [4.69, 9.17) is 16.3 Å². The molecule has 3 nitrogen and oxygen atoms in total. The fourth-order valence-electron chi connectivity index (χ4n) is 1.87. The third-order valence-electron chi connectivity index (χ3n) is 2.82. The van der Waals surface area contributed by atoms with Gasteiger partial charge in [0.2, 0.25) is 0 Å². The minimum absolute atomic E-state index is 0.251. The number of benzene rings is 2. The van der Waals surface area contributed by atoms with Gasteiger partial charge in [0.1, 0.15) is 12.4 Å². The molecule has 0 radical (unpaired) electrons. The largest absolute Gasteiger partial charge is 0.492 e. The van der Waals surface area contributed by atoms with Crippen LogP contribution in [0.25, 0.3) is 0 Å². The van der Waals surface area contributed by atoms with E-state index in [1.807, 2.05) is 31.2 Å². The molecule has 0 saturated heterocycles. The molecule has 0 heterocycles. The number of hydrogen-bond donors (Lipinski definition) is 2. The molecule has 6 heteroatoms. The molecule has 0 aromatic heterocycles. The Kier molecular flexibility index (Phi) is 5.10. The Labute approximate surface area is 131 Å². The summed E-state index contributed by atoms with van der Waals surface area (Å²) in [7, 11) is -1.59. The van der Waals surface area contributed by atoms with Crippen LogP contribution in [0.15, 0.2) is 40.9 Å². The van der Waals surface area contributed by atoms with Gasteiger partial charge in [-0.2, -0.15) is 0 Å². The van der Waals surface area contributed by atoms with Crippen LogP contribution in [0.2, 0.25) is 5.02 Å². The Morgan fingerprint density at radius 3 is 2.60 bits per heavy atom. The van der Waals surface area contributed by atoms with Crippen LogP contribution in [-0.2, 0) is 6.61 Å². The second kappa shape index (κ2) is 6.63. The first-order valence-electron chi connectivity index (χ1n) is 6.01. The van der Waals surface area contributed by atoms with E-state index < -0.39 is 7.12 Å². The summed E-state index contributed by atoms with van der Waals surface area (Å²) in [4.78, 5) is 0. The fourth-order valence-corrected chi connectivity index (χ4v) is 2.76. The van der Waals surface area contributed by atoms with Crippen molar-refractivity contribution >= 4 is 40.1 Å². The van der Waals surface area contributed by atoms with Crippen LogP contribution in [0.4, 0.5) is 0 Å². The van der Waals surface area contributed by atoms with Gasteiger partial charge in [0, 0.05) is 16.0 Å². The normalized spacial score (nSPS) is 10.4. The van der Waals surface area contributed by atoms with E-state index in [0.717, 1.165) is 11.1 Å². The summed E-state index contributed by atoms with van der Waals surface area (Å²) in [5.41, 5.74) is 2.06. The van der Waals surface area contributed by atoms with Crippen LogP contribution < -0.4 is 10.2 Å². The van der Waals surface area contributed by atoms with E-state index >= 15 is 0 Å². The number of ether oxygens (including phenoxy) is 1. The molecule has 0 atom stereocenters. The molecular weight excluding hydrogens is 342 g/mol. The standard InChI is InChI=1S/C14H13BBrClO3/c1-9-6-11(15(18)19)14(12(16)7-9)20-8-10-4-2-3-5-13(10)17/h2-7,18-19H,8H2,1H3. The first kappa shape index (κ1) is 15.4. The molecule has 0 amide bonds. The van der Waals surface area contributed by atoms with Crippen molar-refractivity contribution in [2.24, 2.45) is 0 Å². The highest BCUT2D eigenvalue weighted by Gasteiger charge is 2.20. The SMILES string of the molecule is Cc1cc(Br)c(OCc2ccccc2Cl)c(B(O)O)c1. The molecule has 0 spiro atoms. The van der Waals surface area contributed by atoms with Crippen molar-refractivity contribution in [2.45, 2.75) is 13.5 Å². The van der Waals surface area contributed by atoms with E-state index in [2.05, 4.69) is 15.9 Å². The molecule has 20 heavy (non-hydrogen) atoms. The van der Waals surface area contributed by atoms with Crippen LogP contribution >= 0.6 is 27.5 Å². The van der Waals surface area contributed by atoms with Crippen molar-refractivity contribution in [1.29, 1.82) is 0 Å². The van der Waals surface area contributed by atoms with Crippen molar-refractivity contribution in [1.82, 2.24) is 0 Å². The van der Waals surface area contributed by atoms with Crippen molar-refractivity contribution < 1.29 is 14.8 Å². The number of halogens is 2. The zero-order valence-corrected chi connectivity index (χ0v) is 13.1. The summed E-state index contributed by atoms with van der Waals surface area (Å²) < 4.78 is 6.37. The highest BCUT2D eigenvalue weighted by molar-refractivity contribution is 9.10. The number of hydrogen-bond acceptors (Lipinski definition) is 3. The van der Waals surface area contributed by atoms with Gasteiger partial charge in [0.15, 0.2) is 0 Å². The van der Waals surface area contributed by atoms with Gasteiger partial charge in [0.25, 0.3) is 0 Å². The first-order chi connectivity index (χ1) is 9.49. The van der Waals surface area contributed by atoms with Crippen LogP contribution in [0.3, 0.4) is 0 Å². The lowest BCUT2D eigenvalue weighted by Crippen LogP contribution is -2.32. The van der Waals surface area contributed by atoms with Crippen molar-refractivity contribution in [3.8, 4) is 5.75 Å². The Balaban J connectivity index is 2.27. The monoisotopic (exact) mass is 354 g/mol. The summed E-state index contributed by atoms with van der Waals surface area (Å²) in [6, 6.07) is 10.9. The number of rotatable bonds is 4. The minimum Gasteiger partial charge on any atom is -0.488 e. The van der Waals surface area contributed by atoms with Gasteiger partial charge >= 0.3 is 7.12 Å². The highest BCUT2D eigenvalue weighted by atomic mass is 79.9. The van der Waals surface area contributed by atoms with E-state index in [9.17, 15) is 10.0 Å². The summed E-state index contributed by atoms with van der Waals surface area (Å²) in [6.07, 6.45) is 0. The summed E-state index contributed by atoms with van der Waals surface area (Å²) >= 11 is 9.45. The smallest absolute Gasteiger partial charge is 0.488 e. The quantitative estimate of drug-likeness (QED) is 0.829. The molecule has 2 N–H and O–H groups in total. The lowest BCUT2D eigenvalue weighted by atomic mass is 9.79. The third kappa shape index (κ3) is 3.55. The Hall–Kier alpha value is -1.01. The highest BCUT2D eigenvalue weighted by Crippen LogP contribution is 2.26. The lowest BCUT2D eigenvalue weighted by Gasteiger charge is -2.14. The first-order valence-corrected chi connectivity index (χ1v) is 7.18. The molecule has 2 aromatic rings. The molecule has 0 aliphatic heterocycles. The maximum Gasteiger partial charge on any atom is 0.492 e. The summed E-state index contributed by atoms with van der Waals surface area (Å²) in [5.74, 6) is 0.408. The average Bonchev–Trinajstić information content (AvgIpc) is 2.38. The van der Waals surface area contributed by atoms with Gasteiger partial charge in [-0.15, -0.1) is 0 Å². The van der Waals surface area contributed by atoms with Crippen molar-refractivity contribution in [3.05, 3.63) is 57.0 Å². The van der Waals surface area contributed by atoms with Gasteiger partial charge in [-0.3, -0.25) is 0 Å². The van der Waals surface area contributed by atoms with Crippen molar-refractivity contribution in [3.63, 3.8) is 0 Å². The molecule has 0 unspecified atom stereocenters. The summed E-state index contributed by atoms with van der Waals surface area (Å²) in [6.45, 7) is 2.12. The molecule has 0 aliphatic carbocycles.